The summed E-state index contributed by atoms with van der Waals surface area (Å²) >= 11 is 4.90. The number of carbonyl (C=O) groups excluding carboxylic acids is 1. The monoisotopic (exact) mass is 326 g/mol. The number of nitrogens with two attached hydrogens (primary N) is 1. The van der Waals surface area contributed by atoms with Crippen molar-refractivity contribution in [3.05, 3.63) is 17.7 Å². The van der Waals surface area contributed by atoms with Crippen LogP contribution in [0.5, 0.6) is 17.2 Å². The van der Waals surface area contributed by atoms with E-state index in [-0.39, 0.29) is 6.61 Å². The minimum absolute atomic E-state index is 0.280. The van der Waals surface area contributed by atoms with Gasteiger partial charge in [-0.15, -0.1) is 0 Å². The average Bonchev–Trinajstić information content (AvgIpc) is 2.52. The van der Waals surface area contributed by atoms with Crippen LogP contribution in [-0.4, -0.2) is 45.1 Å². The molecule has 4 N–H and O–H groups in total. The van der Waals surface area contributed by atoms with Gasteiger partial charge in [0.05, 0.1) is 20.4 Å². The summed E-state index contributed by atoms with van der Waals surface area (Å²) in [5.41, 5.74) is 8.38. The predicted molar refractivity (Wildman–Crippen MR) is 86.6 cm³/mol. The molecule has 1 amide bonds. The zero-order valence-corrected chi connectivity index (χ0v) is 13.3. The van der Waals surface area contributed by atoms with Gasteiger partial charge in [0.1, 0.15) is 0 Å². The van der Waals surface area contributed by atoms with Gasteiger partial charge in [0.15, 0.2) is 23.2 Å². The van der Waals surface area contributed by atoms with Gasteiger partial charge in [-0.1, -0.05) is 0 Å². The highest BCUT2D eigenvalue weighted by Crippen LogP contribution is 2.38. The molecule has 0 aliphatic carbocycles. The molecule has 9 heteroatoms. The number of carbonyl (C=O) groups is 1. The van der Waals surface area contributed by atoms with E-state index in [9.17, 15) is 4.79 Å². The highest BCUT2D eigenvalue weighted by Gasteiger charge is 2.14. The van der Waals surface area contributed by atoms with Crippen molar-refractivity contribution in [2.45, 2.75) is 0 Å². The molecule has 0 atom stereocenters. The molecule has 0 fully saturated rings. The average molecular weight is 326 g/mol. The van der Waals surface area contributed by atoms with Gasteiger partial charge in [0.2, 0.25) is 5.75 Å². The van der Waals surface area contributed by atoms with E-state index in [1.807, 2.05) is 0 Å². The highest BCUT2D eigenvalue weighted by molar-refractivity contribution is 7.80. The van der Waals surface area contributed by atoms with Crippen LogP contribution >= 0.6 is 12.2 Å². The molecule has 120 valence electrons. The van der Waals surface area contributed by atoms with Crippen molar-refractivity contribution in [2.75, 3.05) is 27.9 Å². The van der Waals surface area contributed by atoms with Gasteiger partial charge >= 0.3 is 0 Å². The Bertz CT molecular complexity index is 552. The lowest BCUT2D eigenvalue weighted by molar-refractivity contribution is -0.119. The normalized spacial score (nSPS) is 10.1. The Kier molecular flexibility index (Phi) is 6.90. The van der Waals surface area contributed by atoms with Crippen LogP contribution in [0.3, 0.4) is 0 Å². The molecule has 0 aliphatic rings. The van der Waals surface area contributed by atoms with Gasteiger partial charge in [-0.05, 0) is 24.4 Å². The topological polar surface area (TPSA) is 107 Å². The number of ether oxygens (including phenoxy) is 3. The van der Waals surface area contributed by atoms with Crippen LogP contribution in [0.1, 0.15) is 5.56 Å². The lowest BCUT2D eigenvalue weighted by Gasteiger charge is -2.14. The molecule has 1 aromatic carbocycles. The Labute approximate surface area is 133 Å². The number of hydrogen-bond donors (Lipinski definition) is 3. The van der Waals surface area contributed by atoms with E-state index < -0.39 is 5.91 Å². The molecule has 0 bridgehead atoms. The second-order valence-electron chi connectivity index (χ2n) is 3.96. The molecule has 0 saturated carbocycles. The van der Waals surface area contributed by atoms with Gasteiger partial charge in [-0.25, -0.2) is 0 Å². The van der Waals surface area contributed by atoms with E-state index in [0.717, 1.165) is 0 Å². The first-order valence-electron chi connectivity index (χ1n) is 6.19. The lowest BCUT2D eigenvalue weighted by atomic mass is 10.2. The molecule has 8 nitrogen and oxygen atoms in total. The van der Waals surface area contributed by atoms with E-state index in [2.05, 4.69) is 15.8 Å². The number of rotatable bonds is 7. The molecule has 0 aliphatic heterocycles. The second-order valence-corrected chi connectivity index (χ2v) is 4.37. The third-order valence-corrected chi connectivity index (χ3v) is 2.74. The van der Waals surface area contributed by atoms with Crippen molar-refractivity contribution >= 4 is 29.5 Å². The zero-order valence-electron chi connectivity index (χ0n) is 12.5. The number of methoxy groups -OCH3 is 2. The second kappa shape index (κ2) is 8.67. The number of hydrazone groups is 1. The largest absolute Gasteiger partial charge is 0.493 e. The Hall–Kier alpha value is -2.55. The molecule has 1 rings (SSSR count). The number of nitrogens with one attached hydrogen (secondary N) is 2. The van der Waals surface area contributed by atoms with E-state index in [0.29, 0.717) is 27.9 Å². The van der Waals surface area contributed by atoms with Crippen LogP contribution in [-0.2, 0) is 4.79 Å². The number of primary amides is 1. The van der Waals surface area contributed by atoms with E-state index >= 15 is 0 Å². The van der Waals surface area contributed by atoms with Crippen molar-refractivity contribution in [1.82, 2.24) is 10.7 Å². The number of hydrogen-bond acceptors (Lipinski definition) is 6. The SMILES string of the molecule is CNC(=S)N/N=C\c1cc(OC)c(OCC(N)=O)c(OC)c1. The number of amides is 1. The fourth-order valence-electron chi connectivity index (χ4n) is 1.48. The van der Waals surface area contributed by atoms with E-state index in [1.165, 1.54) is 20.4 Å². The molecular weight excluding hydrogens is 308 g/mol. The minimum Gasteiger partial charge on any atom is -0.493 e. The summed E-state index contributed by atoms with van der Waals surface area (Å²) in [6, 6.07) is 3.35. The molecule has 0 spiro atoms. The fourth-order valence-corrected chi connectivity index (χ4v) is 1.53. The Balaban J connectivity index is 3.02. The smallest absolute Gasteiger partial charge is 0.255 e. The molecule has 0 radical (unpaired) electrons. The number of thiocarbonyl (C=S) groups is 1. The summed E-state index contributed by atoms with van der Waals surface area (Å²) in [7, 11) is 4.63. The first-order chi connectivity index (χ1) is 10.5. The fraction of sp³-hybridized carbons (Fsp3) is 0.308. The first kappa shape index (κ1) is 17.5. The van der Waals surface area contributed by atoms with E-state index in [4.69, 9.17) is 32.2 Å². The lowest BCUT2D eigenvalue weighted by Crippen LogP contribution is -2.28. The summed E-state index contributed by atoms with van der Waals surface area (Å²) in [5, 5.41) is 7.07. The quantitative estimate of drug-likeness (QED) is 0.368. The molecule has 0 aromatic heterocycles. The highest BCUT2D eigenvalue weighted by atomic mass is 32.1. The van der Waals surface area contributed by atoms with Gasteiger partial charge in [0, 0.05) is 12.6 Å². The van der Waals surface area contributed by atoms with Gasteiger partial charge in [-0.3, -0.25) is 10.2 Å². The molecule has 0 heterocycles. The first-order valence-corrected chi connectivity index (χ1v) is 6.60. The van der Waals surface area contributed by atoms with Crippen LogP contribution < -0.4 is 30.7 Å². The molecule has 1 aromatic rings. The van der Waals surface area contributed by atoms with Crippen molar-refractivity contribution in [3.63, 3.8) is 0 Å². The number of benzene rings is 1. The maximum absolute atomic E-state index is 10.8. The standard InChI is InChI=1S/C13H18N4O4S/c1-15-13(22)17-16-6-8-4-9(19-2)12(10(5-8)20-3)21-7-11(14)18/h4-6H,7H2,1-3H3,(H2,14,18)(H2,15,17,22)/b16-6-. The van der Waals surface area contributed by atoms with Gasteiger partial charge in [0.25, 0.3) is 5.91 Å². The summed E-state index contributed by atoms with van der Waals surface area (Å²) in [6.07, 6.45) is 1.53. The summed E-state index contributed by atoms with van der Waals surface area (Å²) in [6.45, 7) is -0.280. The van der Waals surface area contributed by atoms with Crippen LogP contribution in [0, 0.1) is 0 Å². The third kappa shape index (κ3) is 5.09. The molecule has 22 heavy (non-hydrogen) atoms. The van der Waals surface area contributed by atoms with Gasteiger partial charge < -0.3 is 25.3 Å². The molecule has 0 unspecified atom stereocenters. The van der Waals surface area contributed by atoms with Crippen molar-refractivity contribution < 1.29 is 19.0 Å². The summed E-state index contributed by atoms with van der Waals surface area (Å²) < 4.78 is 15.8. The zero-order chi connectivity index (χ0) is 16.5. The van der Waals surface area contributed by atoms with Gasteiger partial charge in [-0.2, -0.15) is 5.10 Å². The van der Waals surface area contributed by atoms with Crippen molar-refractivity contribution in [2.24, 2.45) is 10.8 Å². The van der Waals surface area contributed by atoms with E-state index in [1.54, 1.807) is 19.2 Å². The third-order valence-electron chi connectivity index (χ3n) is 2.45. The Morgan fingerprint density at radius 3 is 2.41 bits per heavy atom. The number of nitrogens with zero attached hydrogens (tertiary/aromatic N) is 1. The summed E-state index contributed by atoms with van der Waals surface area (Å²) in [5.74, 6) is 0.468. The maximum atomic E-state index is 10.8. The molecular formula is C13H18N4O4S. The van der Waals surface area contributed by atoms with Crippen LogP contribution in [0.25, 0.3) is 0 Å². The minimum atomic E-state index is -0.598. The van der Waals surface area contributed by atoms with Crippen molar-refractivity contribution in [1.29, 1.82) is 0 Å². The van der Waals surface area contributed by atoms with Crippen molar-refractivity contribution in [3.8, 4) is 17.2 Å². The molecule has 0 saturated heterocycles. The van der Waals surface area contributed by atoms with Crippen LogP contribution in [0.4, 0.5) is 0 Å². The van der Waals surface area contributed by atoms with Crippen LogP contribution in [0.2, 0.25) is 0 Å². The Morgan fingerprint density at radius 2 is 1.95 bits per heavy atom. The maximum Gasteiger partial charge on any atom is 0.255 e. The predicted octanol–water partition coefficient (Wildman–Crippen LogP) is -0.00430. The summed E-state index contributed by atoms with van der Waals surface area (Å²) in [4.78, 5) is 10.8. The Morgan fingerprint density at radius 1 is 1.36 bits per heavy atom. The van der Waals surface area contributed by atoms with Crippen LogP contribution in [0.15, 0.2) is 17.2 Å².